The number of fused-ring (bicyclic) bond motifs is 5. The number of ether oxygens (including phenoxy) is 1. The van der Waals surface area contributed by atoms with Crippen LogP contribution in [0.4, 0.5) is 0 Å². The van der Waals surface area contributed by atoms with Gasteiger partial charge in [-0.05, 0) is 74.2 Å². The molecule has 4 rings (SSSR count). The van der Waals surface area contributed by atoms with Crippen molar-refractivity contribution >= 4 is 17.5 Å². The first kappa shape index (κ1) is 26.4. The summed E-state index contributed by atoms with van der Waals surface area (Å²) in [5, 5.41) is 39.6. The van der Waals surface area contributed by atoms with Crippen molar-refractivity contribution in [3.05, 3.63) is 11.6 Å². The van der Waals surface area contributed by atoms with Crippen LogP contribution in [-0.2, 0) is 24.0 Å². The molecule has 0 aromatic rings. The molecule has 4 aliphatic rings. The largest absolute Gasteiger partial charge is 0.458 e. The summed E-state index contributed by atoms with van der Waals surface area (Å²) in [6.07, 6.45) is 5.15. The Labute approximate surface area is 204 Å². The summed E-state index contributed by atoms with van der Waals surface area (Å²) < 4.78 is 5.10. The maximum atomic E-state index is 13.2. The molecule has 3 saturated carbocycles. The third-order valence-electron chi connectivity index (χ3n) is 9.61. The highest BCUT2D eigenvalue weighted by Gasteiger charge is 2.68. The van der Waals surface area contributed by atoms with E-state index in [9.17, 15) is 24.6 Å². The van der Waals surface area contributed by atoms with Crippen molar-refractivity contribution in [2.75, 3.05) is 13.2 Å². The number of Topliss-reactive ketones (excluding diaryl/α,β-unsaturated/α-hetero) is 1. The molecule has 7 atom stereocenters. The normalized spacial score (nSPS) is 40.5. The number of aliphatic hydroxyl groups excluding tert-OH is 1. The molecule has 4 aliphatic carbocycles. The Morgan fingerprint density at radius 3 is 2.63 bits per heavy atom. The molecule has 0 amide bonds. The third-order valence-corrected chi connectivity index (χ3v) is 9.61. The topological polar surface area (TPSA) is 154 Å². The van der Waals surface area contributed by atoms with Crippen LogP contribution in [0, 0.1) is 28.6 Å². The highest BCUT2D eigenvalue weighted by Crippen LogP contribution is 2.67. The number of ketones is 2. The molecule has 7 unspecified atom stereocenters. The molecule has 4 N–H and O–H groups in total. The second-order valence-corrected chi connectivity index (χ2v) is 11.2. The maximum Gasteiger partial charge on any atom is 0.306 e. The van der Waals surface area contributed by atoms with E-state index in [0.29, 0.717) is 12.8 Å². The second kappa shape index (κ2) is 9.64. The summed E-state index contributed by atoms with van der Waals surface area (Å²) in [7, 11) is 0. The van der Waals surface area contributed by atoms with Gasteiger partial charge in [0.1, 0.15) is 5.60 Å². The van der Waals surface area contributed by atoms with Gasteiger partial charge in [0.15, 0.2) is 12.4 Å². The molecule has 10 nitrogen and oxygen atoms in total. The maximum absolute atomic E-state index is 13.2. The van der Waals surface area contributed by atoms with Gasteiger partial charge in [-0.3, -0.25) is 29.6 Å². The van der Waals surface area contributed by atoms with Crippen LogP contribution in [0.3, 0.4) is 0 Å². The highest BCUT2D eigenvalue weighted by molar-refractivity contribution is 5.92. The van der Waals surface area contributed by atoms with Gasteiger partial charge in [0.2, 0.25) is 5.78 Å². The summed E-state index contributed by atoms with van der Waals surface area (Å²) in [6.45, 7) is 3.36. The van der Waals surface area contributed by atoms with Crippen LogP contribution >= 0.6 is 0 Å². The van der Waals surface area contributed by atoms with Gasteiger partial charge in [-0.25, -0.2) is 0 Å². The van der Waals surface area contributed by atoms with E-state index in [2.05, 4.69) is 11.8 Å². The Hall–Kier alpha value is -1.69. The predicted molar refractivity (Wildman–Crippen MR) is 120 cm³/mol. The molecule has 35 heavy (non-hydrogen) atoms. The molecule has 0 bridgehead atoms. The standard InChI is InChI=1S/C25H37NO9/c1-23-9-7-16(27)12-15(23)5-6-17-18-8-10-25(31,24(18,2)13-19(28)22(17)23)20(29)14-34-21(30)4-3-11-35-26(32)33/h12,17-19,22,28,31-33H,3-11,13-14H2,1-2H3. The van der Waals surface area contributed by atoms with Crippen molar-refractivity contribution in [3.8, 4) is 0 Å². The fourth-order valence-electron chi connectivity index (χ4n) is 7.85. The number of allylic oxidation sites excluding steroid dienone is 1. The zero-order valence-corrected chi connectivity index (χ0v) is 20.4. The van der Waals surface area contributed by atoms with Gasteiger partial charge >= 0.3 is 5.97 Å². The van der Waals surface area contributed by atoms with E-state index >= 15 is 0 Å². The van der Waals surface area contributed by atoms with E-state index in [-0.39, 0.29) is 61.2 Å². The van der Waals surface area contributed by atoms with Gasteiger partial charge in [0, 0.05) is 18.3 Å². The second-order valence-electron chi connectivity index (χ2n) is 11.2. The zero-order chi connectivity index (χ0) is 25.6. The number of carbonyl (C=O) groups is 3. The molecule has 10 heteroatoms. The number of rotatable bonds is 8. The molecule has 3 fully saturated rings. The SMILES string of the molecule is CC12CCC(=O)C=C1CCC1C2C(O)CC2(C)C1CCC2(O)C(=O)COC(=O)CCCON(O)O. The molecule has 196 valence electrons. The number of nitrogens with zero attached hydrogens (tertiary/aromatic N) is 1. The summed E-state index contributed by atoms with van der Waals surface area (Å²) >= 11 is 0. The number of esters is 1. The van der Waals surface area contributed by atoms with Crippen molar-refractivity contribution in [3.63, 3.8) is 0 Å². The zero-order valence-electron chi connectivity index (χ0n) is 20.4. The minimum Gasteiger partial charge on any atom is -0.458 e. The van der Waals surface area contributed by atoms with E-state index in [1.807, 2.05) is 6.92 Å². The molecule has 0 spiro atoms. The lowest BCUT2D eigenvalue weighted by Gasteiger charge is -2.60. The van der Waals surface area contributed by atoms with E-state index in [4.69, 9.17) is 15.2 Å². The Balaban J connectivity index is 1.44. The number of carbonyl (C=O) groups excluding carboxylic acids is 3. The van der Waals surface area contributed by atoms with Crippen LogP contribution in [-0.4, -0.2) is 68.5 Å². The molecule has 0 aromatic heterocycles. The molecule has 0 aromatic carbocycles. The van der Waals surface area contributed by atoms with Crippen LogP contribution in [0.25, 0.3) is 0 Å². The van der Waals surface area contributed by atoms with E-state index in [1.54, 1.807) is 6.08 Å². The average molecular weight is 496 g/mol. The minimum absolute atomic E-state index is 0.0139. The summed E-state index contributed by atoms with van der Waals surface area (Å²) in [5.74, 6) is -0.879. The van der Waals surface area contributed by atoms with Gasteiger partial charge < -0.3 is 14.9 Å². The third kappa shape index (κ3) is 4.49. The molecular weight excluding hydrogens is 458 g/mol. The first-order valence-corrected chi connectivity index (χ1v) is 12.6. The average Bonchev–Trinajstić information content (AvgIpc) is 3.06. The highest BCUT2D eigenvalue weighted by atomic mass is 17.1. The lowest BCUT2D eigenvalue weighted by atomic mass is 9.45. The van der Waals surface area contributed by atoms with Crippen molar-refractivity contribution < 1.29 is 44.6 Å². The Kier molecular flexibility index (Phi) is 7.27. The van der Waals surface area contributed by atoms with E-state index < -0.39 is 40.9 Å². The van der Waals surface area contributed by atoms with Crippen molar-refractivity contribution in [2.45, 2.75) is 83.3 Å². The number of hydrogen-bond acceptors (Lipinski definition) is 10. The molecule has 0 heterocycles. The monoisotopic (exact) mass is 495 g/mol. The van der Waals surface area contributed by atoms with Gasteiger partial charge in [-0.15, -0.1) is 0 Å². The summed E-state index contributed by atoms with van der Waals surface area (Å²) in [5.41, 5.74) is -1.64. The Morgan fingerprint density at radius 1 is 1.17 bits per heavy atom. The lowest BCUT2D eigenvalue weighted by molar-refractivity contribution is -0.492. The minimum atomic E-state index is -1.69. The molecule has 0 saturated heterocycles. The predicted octanol–water partition coefficient (Wildman–Crippen LogP) is 2.12. The van der Waals surface area contributed by atoms with Crippen molar-refractivity contribution in [2.24, 2.45) is 28.6 Å². The summed E-state index contributed by atoms with van der Waals surface area (Å²) in [6, 6.07) is 0. The smallest absolute Gasteiger partial charge is 0.306 e. The fourth-order valence-corrected chi connectivity index (χ4v) is 7.85. The van der Waals surface area contributed by atoms with Crippen LogP contribution in [0.1, 0.15) is 71.6 Å². The summed E-state index contributed by atoms with van der Waals surface area (Å²) in [4.78, 5) is 41.6. The molecule has 0 aliphatic heterocycles. The first-order valence-electron chi connectivity index (χ1n) is 12.6. The number of hydrogen-bond donors (Lipinski definition) is 4. The fraction of sp³-hybridized carbons (Fsp3) is 0.800. The van der Waals surface area contributed by atoms with Gasteiger partial charge in [-0.2, -0.15) is 0 Å². The van der Waals surface area contributed by atoms with E-state index in [1.165, 1.54) is 0 Å². The Morgan fingerprint density at radius 2 is 1.91 bits per heavy atom. The van der Waals surface area contributed by atoms with Gasteiger partial charge in [0.05, 0.1) is 18.1 Å². The first-order chi connectivity index (χ1) is 16.4. The Bertz CT molecular complexity index is 903. The van der Waals surface area contributed by atoms with E-state index in [0.717, 1.165) is 24.8 Å². The number of aliphatic hydroxyl groups is 2. The van der Waals surface area contributed by atoms with Crippen LogP contribution < -0.4 is 0 Å². The van der Waals surface area contributed by atoms with Crippen LogP contribution in [0.5, 0.6) is 0 Å². The lowest BCUT2D eigenvalue weighted by Crippen LogP contribution is -2.62. The van der Waals surface area contributed by atoms with Gasteiger partial charge in [-0.1, -0.05) is 19.4 Å². The molecular formula is C25H37NO9. The van der Waals surface area contributed by atoms with Crippen molar-refractivity contribution in [1.82, 2.24) is 5.39 Å². The van der Waals surface area contributed by atoms with Crippen LogP contribution in [0.15, 0.2) is 11.6 Å². The van der Waals surface area contributed by atoms with Crippen LogP contribution in [0.2, 0.25) is 0 Å². The molecule has 0 radical (unpaired) electrons. The van der Waals surface area contributed by atoms with Gasteiger partial charge in [0.25, 0.3) is 0 Å². The quantitative estimate of drug-likeness (QED) is 0.224. The van der Waals surface area contributed by atoms with Crippen molar-refractivity contribution in [1.29, 1.82) is 0 Å².